The molecule has 1 N–H and O–H groups in total. The number of ketones is 1. The lowest BCUT2D eigenvalue weighted by Crippen LogP contribution is -2.31. The zero-order valence-corrected chi connectivity index (χ0v) is 21.1. The van der Waals surface area contributed by atoms with Crippen molar-refractivity contribution in [3.05, 3.63) is 95.1 Å². The van der Waals surface area contributed by atoms with Gasteiger partial charge in [-0.3, -0.25) is 9.59 Å². The lowest BCUT2D eigenvalue weighted by Gasteiger charge is -2.25. The molecular formula is C30H29NO7. The van der Waals surface area contributed by atoms with Crippen LogP contribution in [-0.4, -0.2) is 55.2 Å². The predicted octanol–water partition coefficient (Wildman–Crippen LogP) is 4.50. The van der Waals surface area contributed by atoms with Crippen LogP contribution in [0.2, 0.25) is 0 Å². The van der Waals surface area contributed by atoms with Gasteiger partial charge in [0, 0.05) is 25.8 Å². The zero-order valence-electron chi connectivity index (χ0n) is 21.1. The minimum absolute atomic E-state index is 0.0297. The Morgan fingerprint density at radius 1 is 0.974 bits per heavy atom. The summed E-state index contributed by atoms with van der Waals surface area (Å²) in [5, 5.41) is 11.3. The summed E-state index contributed by atoms with van der Waals surface area (Å²) >= 11 is 0. The van der Waals surface area contributed by atoms with Crippen molar-refractivity contribution in [3.8, 4) is 17.2 Å². The molecular weight excluding hydrogens is 486 g/mol. The van der Waals surface area contributed by atoms with Crippen LogP contribution in [0, 0.1) is 0 Å². The number of hydrogen-bond donors (Lipinski definition) is 1. The molecule has 196 valence electrons. The normalized spacial score (nSPS) is 18.0. The fourth-order valence-electron chi connectivity index (χ4n) is 4.67. The molecule has 3 aromatic carbocycles. The minimum atomic E-state index is -0.761. The first-order valence-electron chi connectivity index (χ1n) is 12.5. The Balaban J connectivity index is 1.47. The van der Waals surface area contributed by atoms with Crippen LogP contribution < -0.4 is 14.2 Å². The summed E-state index contributed by atoms with van der Waals surface area (Å²) in [7, 11) is 1.58. The first-order valence-corrected chi connectivity index (χ1v) is 12.5. The Hall–Kier alpha value is -4.30. The highest BCUT2D eigenvalue weighted by Crippen LogP contribution is 2.41. The smallest absolute Gasteiger partial charge is 0.295 e. The second-order valence-corrected chi connectivity index (χ2v) is 9.04. The molecule has 5 rings (SSSR count). The van der Waals surface area contributed by atoms with E-state index in [1.165, 1.54) is 4.90 Å². The van der Waals surface area contributed by atoms with E-state index in [9.17, 15) is 14.7 Å². The molecule has 8 heteroatoms. The molecule has 1 saturated heterocycles. The van der Waals surface area contributed by atoms with Gasteiger partial charge in [-0.05, 0) is 47.9 Å². The number of carbonyl (C=O) groups excluding carboxylic acids is 2. The third-order valence-electron chi connectivity index (χ3n) is 6.55. The number of ether oxygens (including phenoxy) is 4. The number of amides is 1. The Labute approximate surface area is 221 Å². The molecule has 1 amide bonds. The Bertz CT molecular complexity index is 1330. The number of aliphatic hydroxyl groups is 1. The maximum Gasteiger partial charge on any atom is 0.295 e. The third kappa shape index (κ3) is 5.21. The number of hydrogen-bond acceptors (Lipinski definition) is 7. The molecule has 1 unspecified atom stereocenters. The first kappa shape index (κ1) is 25.4. The third-order valence-corrected chi connectivity index (χ3v) is 6.55. The summed E-state index contributed by atoms with van der Waals surface area (Å²) in [4.78, 5) is 27.8. The van der Waals surface area contributed by atoms with E-state index < -0.39 is 17.7 Å². The van der Waals surface area contributed by atoms with Gasteiger partial charge in [-0.2, -0.15) is 0 Å². The standard InChI is InChI=1S/C30H29NO7/c1-35-15-5-14-31-27(21-8-11-23(12-9-21)38-19-20-6-3-2-4-7-20)26(29(33)30(31)34)28(32)22-10-13-24-25(18-22)37-17-16-36-24/h2-4,6-13,18,27,32H,5,14-17,19H2,1H3/b28-26-. The summed E-state index contributed by atoms with van der Waals surface area (Å²) < 4.78 is 22.3. The van der Waals surface area contributed by atoms with E-state index >= 15 is 0 Å². The molecule has 0 aliphatic carbocycles. The molecule has 0 saturated carbocycles. The number of nitrogens with zero attached hydrogens (tertiary/aromatic N) is 1. The highest BCUT2D eigenvalue weighted by atomic mass is 16.6. The van der Waals surface area contributed by atoms with Gasteiger partial charge in [0.05, 0.1) is 11.6 Å². The summed E-state index contributed by atoms with van der Waals surface area (Å²) in [6.07, 6.45) is 0.544. The number of fused-ring (bicyclic) bond motifs is 1. The van der Waals surface area contributed by atoms with Crippen molar-refractivity contribution in [3.63, 3.8) is 0 Å². The first-order chi connectivity index (χ1) is 18.6. The molecule has 0 radical (unpaired) electrons. The molecule has 1 fully saturated rings. The minimum Gasteiger partial charge on any atom is -0.507 e. The lowest BCUT2D eigenvalue weighted by atomic mass is 9.95. The van der Waals surface area contributed by atoms with E-state index in [2.05, 4.69) is 0 Å². The average molecular weight is 516 g/mol. The fourth-order valence-corrected chi connectivity index (χ4v) is 4.67. The molecule has 2 aliphatic heterocycles. The van der Waals surface area contributed by atoms with Crippen molar-refractivity contribution in [1.82, 2.24) is 4.90 Å². The van der Waals surface area contributed by atoms with Gasteiger partial charge in [0.15, 0.2) is 11.5 Å². The van der Waals surface area contributed by atoms with Gasteiger partial charge in [0.1, 0.15) is 31.3 Å². The quantitative estimate of drug-likeness (QED) is 0.194. The highest BCUT2D eigenvalue weighted by Gasteiger charge is 2.45. The van der Waals surface area contributed by atoms with Gasteiger partial charge in [0.2, 0.25) is 0 Å². The van der Waals surface area contributed by atoms with Gasteiger partial charge in [0.25, 0.3) is 11.7 Å². The van der Waals surface area contributed by atoms with Gasteiger partial charge in [-0.1, -0.05) is 42.5 Å². The zero-order chi connectivity index (χ0) is 26.5. The maximum atomic E-state index is 13.2. The highest BCUT2D eigenvalue weighted by molar-refractivity contribution is 6.46. The summed E-state index contributed by atoms with van der Waals surface area (Å²) in [5.41, 5.74) is 2.13. The van der Waals surface area contributed by atoms with Crippen molar-refractivity contribution in [2.24, 2.45) is 0 Å². The largest absolute Gasteiger partial charge is 0.507 e. The molecule has 0 bridgehead atoms. The number of likely N-dealkylation sites (tertiary alicyclic amines) is 1. The van der Waals surface area contributed by atoms with Crippen LogP contribution in [0.3, 0.4) is 0 Å². The molecule has 3 aromatic rings. The van der Waals surface area contributed by atoms with E-state index in [4.69, 9.17) is 18.9 Å². The molecule has 1 atom stereocenters. The monoisotopic (exact) mass is 515 g/mol. The van der Waals surface area contributed by atoms with E-state index in [1.807, 2.05) is 42.5 Å². The lowest BCUT2D eigenvalue weighted by molar-refractivity contribution is -0.140. The van der Waals surface area contributed by atoms with Crippen molar-refractivity contribution in [1.29, 1.82) is 0 Å². The molecule has 38 heavy (non-hydrogen) atoms. The number of methoxy groups -OCH3 is 1. The average Bonchev–Trinajstić information content (AvgIpc) is 3.21. The molecule has 2 heterocycles. The maximum absolute atomic E-state index is 13.2. The van der Waals surface area contributed by atoms with Crippen LogP contribution in [0.5, 0.6) is 17.2 Å². The van der Waals surface area contributed by atoms with Gasteiger partial charge >= 0.3 is 0 Å². The van der Waals surface area contributed by atoms with Crippen LogP contribution in [0.25, 0.3) is 5.76 Å². The van der Waals surface area contributed by atoms with Crippen LogP contribution in [0.1, 0.15) is 29.2 Å². The Kier molecular flexibility index (Phi) is 7.60. The van der Waals surface area contributed by atoms with Crippen molar-refractivity contribution in [2.45, 2.75) is 19.1 Å². The van der Waals surface area contributed by atoms with Crippen molar-refractivity contribution >= 4 is 17.4 Å². The molecule has 8 nitrogen and oxygen atoms in total. The van der Waals surface area contributed by atoms with Gasteiger partial charge < -0.3 is 29.0 Å². The van der Waals surface area contributed by atoms with Crippen LogP contribution in [0.4, 0.5) is 0 Å². The van der Waals surface area contributed by atoms with E-state index in [1.54, 1.807) is 37.4 Å². The topological polar surface area (TPSA) is 94.5 Å². The predicted molar refractivity (Wildman–Crippen MR) is 140 cm³/mol. The molecule has 0 aromatic heterocycles. The second-order valence-electron chi connectivity index (χ2n) is 9.04. The van der Waals surface area contributed by atoms with Crippen molar-refractivity contribution in [2.75, 3.05) is 33.5 Å². The van der Waals surface area contributed by atoms with E-state index in [0.29, 0.717) is 67.8 Å². The summed E-state index contributed by atoms with van der Waals surface area (Å²) in [5.74, 6) is 0.0464. The summed E-state index contributed by atoms with van der Waals surface area (Å²) in [6.45, 7) is 1.98. The van der Waals surface area contributed by atoms with Gasteiger partial charge in [-0.25, -0.2) is 0 Å². The van der Waals surface area contributed by atoms with Crippen LogP contribution in [-0.2, 0) is 20.9 Å². The summed E-state index contributed by atoms with van der Waals surface area (Å²) in [6, 6.07) is 21.3. The number of carbonyl (C=O) groups is 2. The van der Waals surface area contributed by atoms with E-state index in [0.717, 1.165) is 5.56 Å². The van der Waals surface area contributed by atoms with Gasteiger partial charge in [-0.15, -0.1) is 0 Å². The van der Waals surface area contributed by atoms with Crippen molar-refractivity contribution < 1.29 is 33.6 Å². The molecule has 0 spiro atoms. The number of rotatable bonds is 9. The Morgan fingerprint density at radius 2 is 1.71 bits per heavy atom. The van der Waals surface area contributed by atoms with E-state index in [-0.39, 0.29) is 11.3 Å². The second kappa shape index (κ2) is 11.4. The number of benzene rings is 3. The number of aliphatic hydroxyl groups excluding tert-OH is 1. The van der Waals surface area contributed by atoms with Crippen LogP contribution in [0.15, 0.2) is 78.4 Å². The number of Topliss-reactive ketones (excluding diaryl/α,β-unsaturated/α-hetero) is 1. The Morgan fingerprint density at radius 3 is 2.45 bits per heavy atom. The SMILES string of the molecule is COCCCN1C(=O)C(=O)/C(=C(\O)c2ccc3c(c2)OCCO3)C1c1ccc(OCc2ccccc2)cc1. The van der Waals surface area contributed by atoms with Crippen LogP contribution >= 0.6 is 0 Å². The fraction of sp³-hybridized carbons (Fsp3) is 0.267. The molecule has 2 aliphatic rings.